The monoisotopic (exact) mass is 200 g/mol. The molecule has 5 heteroatoms. The summed E-state index contributed by atoms with van der Waals surface area (Å²) in [4.78, 5) is 7.65. The molecular formula is C9H10F2N2O. The highest BCUT2D eigenvalue weighted by molar-refractivity contribution is 4.94. The molecule has 0 aliphatic heterocycles. The SMILES string of the molecule is FC1(F)CC(COc2ncccn2)C1. The molecule has 0 saturated heterocycles. The first-order valence-electron chi connectivity index (χ1n) is 4.43. The van der Waals surface area contributed by atoms with Crippen molar-refractivity contribution in [2.24, 2.45) is 5.92 Å². The summed E-state index contributed by atoms with van der Waals surface area (Å²) in [5.41, 5.74) is 0. The number of hydrogen-bond donors (Lipinski definition) is 0. The van der Waals surface area contributed by atoms with Gasteiger partial charge in [0.25, 0.3) is 0 Å². The van der Waals surface area contributed by atoms with Gasteiger partial charge in [0.1, 0.15) is 0 Å². The molecule has 1 aromatic rings. The fraction of sp³-hybridized carbons (Fsp3) is 0.556. The highest BCUT2D eigenvalue weighted by Crippen LogP contribution is 2.42. The van der Waals surface area contributed by atoms with Crippen LogP contribution in [0.3, 0.4) is 0 Å². The summed E-state index contributed by atoms with van der Waals surface area (Å²) in [6, 6.07) is 1.92. The predicted octanol–water partition coefficient (Wildman–Crippen LogP) is 1.90. The van der Waals surface area contributed by atoms with Crippen molar-refractivity contribution < 1.29 is 13.5 Å². The zero-order valence-electron chi connectivity index (χ0n) is 7.49. The second kappa shape index (κ2) is 3.48. The molecule has 14 heavy (non-hydrogen) atoms. The third-order valence-corrected chi connectivity index (χ3v) is 2.16. The number of ether oxygens (including phenoxy) is 1. The Labute approximate surface area is 80.1 Å². The summed E-state index contributed by atoms with van der Waals surface area (Å²) in [6.45, 7) is 0.277. The lowest BCUT2D eigenvalue weighted by molar-refractivity contribution is -0.119. The second-order valence-electron chi connectivity index (χ2n) is 3.47. The number of nitrogens with zero attached hydrogens (tertiary/aromatic N) is 2. The zero-order valence-corrected chi connectivity index (χ0v) is 7.49. The maximum atomic E-state index is 12.4. The Morgan fingerprint density at radius 2 is 2.00 bits per heavy atom. The van der Waals surface area contributed by atoms with E-state index in [4.69, 9.17) is 4.74 Å². The summed E-state index contributed by atoms with van der Waals surface area (Å²) < 4.78 is 30.0. The first-order chi connectivity index (χ1) is 6.66. The van der Waals surface area contributed by atoms with Gasteiger partial charge in [0.05, 0.1) is 6.61 Å². The average molecular weight is 200 g/mol. The maximum Gasteiger partial charge on any atom is 0.316 e. The molecule has 1 aliphatic carbocycles. The minimum Gasteiger partial charge on any atom is -0.463 e. The quantitative estimate of drug-likeness (QED) is 0.747. The van der Waals surface area contributed by atoms with Gasteiger partial charge in [0, 0.05) is 31.2 Å². The van der Waals surface area contributed by atoms with E-state index in [0.717, 1.165) is 0 Å². The van der Waals surface area contributed by atoms with Crippen molar-refractivity contribution in [3.05, 3.63) is 18.5 Å². The van der Waals surface area contributed by atoms with Crippen molar-refractivity contribution in [3.8, 4) is 6.01 Å². The number of aromatic nitrogens is 2. The Morgan fingerprint density at radius 3 is 2.57 bits per heavy atom. The third kappa shape index (κ3) is 2.16. The van der Waals surface area contributed by atoms with Gasteiger partial charge >= 0.3 is 6.01 Å². The van der Waals surface area contributed by atoms with Gasteiger partial charge in [-0.05, 0) is 6.07 Å². The molecular weight excluding hydrogens is 190 g/mol. The van der Waals surface area contributed by atoms with E-state index in [-0.39, 0.29) is 31.4 Å². The molecule has 1 fully saturated rings. The molecule has 1 heterocycles. The number of hydrogen-bond acceptors (Lipinski definition) is 3. The summed E-state index contributed by atoms with van der Waals surface area (Å²) in [5, 5.41) is 0. The second-order valence-corrected chi connectivity index (χ2v) is 3.47. The van der Waals surface area contributed by atoms with Gasteiger partial charge in [-0.3, -0.25) is 0 Å². The normalized spacial score (nSPS) is 20.1. The number of alkyl halides is 2. The lowest BCUT2D eigenvalue weighted by Gasteiger charge is -2.34. The largest absolute Gasteiger partial charge is 0.463 e. The van der Waals surface area contributed by atoms with Crippen LogP contribution in [0.15, 0.2) is 18.5 Å². The molecule has 0 N–H and O–H groups in total. The van der Waals surface area contributed by atoms with E-state index in [9.17, 15) is 8.78 Å². The molecule has 1 saturated carbocycles. The molecule has 2 rings (SSSR count). The molecule has 0 unspecified atom stereocenters. The van der Waals surface area contributed by atoms with Gasteiger partial charge in [0.2, 0.25) is 5.92 Å². The van der Waals surface area contributed by atoms with Crippen LogP contribution in [-0.4, -0.2) is 22.5 Å². The van der Waals surface area contributed by atoms with Crippen molar-refractivity contribution in [2.45, 2.75) is 18.8 Å². The zero-order chi connectivity index (χ0) is 10.0. The van der Waals surface area contributed by atoms with Crippen molar-refractivity contribution in [2.75, 3.05) is 6.61 Å². The van der Waals surface area contributed by atoms with E-state index in [2.05, 4.69) is 9.97 Å². The minimum atomic E-state index is -2.48. The van der Waals surface area contributed by atoms with Gasteiger partial charge in [-0.2, -0.15) is 0 Å². The van der Waals surface area contributed by atoms with Gasteiger partial charge in [0.15, 0.2) is 0 Å². The van der Waals surface area contributed by atoms with Crippen LogP contribution in [0.4, 0.5) is 8.78 Å². The van der Waals surface area contributed by atoms with Crippen LogP contribution in [0.2, 0.25) is 0 Å². The van der Waals surface area contributed by atoms with E-state index >= 15 is 0 Å². The summed E-state index contributed by atoms with van der Waals surface area (Å²) in [5.74, 6) is -2.54. The van der Waals surface area contributed by atoms with Crippen LogP contribution in [0, 0.1) is 5.92 Å². The Hall–Kier alpha value is -1.26. The lowest BCUT2D eigenvalue weighted by Crippen LogP contribution is -2.38. The standard InChI is InChI=1S/C9H10F2N2O/c10-9(11)4-7(5-9)6-14-8-12-2-1-3-13-8/h1-3,7H,4-6H2. The summed E-state index contributed by atoms with van der Waals surface area (Å²) in [7, 11) is 0. The van der Waals surface area contributed by atoms with Crippen LogP contribution < -0.4 is 4.74 Å². The van der Waals surface area contributed by atoms with Crippen LogP contribution in [0.25, 0.3) is 0 Å². The Balaban J connectivity index is 1.75. The predicted molar refractivity (Wildman–Crippen MR) is 45.2 cm³/mol. The van der Waals surface area contributed by atoms with E-state index in [0.29, 0.717) is 0 Å². The van der Waals surface area contributed by atoms with Gasteiger partial charge in [-0.25, -0.2) is 18.7 Å². The molecule has 1 aliphatic rings. The van der Waals surface area contributed by atoms with Gasteiger partial charge < -0.3 is 4.74 Å². The maximum absolute atomic E-state index is 12.4. The number of halogens is 2. The van der Waals surface area contributed by atoms with Crippen molar-refractivity contribution in [1.82, 2.24) is 9.97 Å². The molecule has 0 amide bonds. The molecule has 0 radical (unpaired) electrons. The summed E-state index contributed by atoms with van der Waals surface area (Å²) in [6.07, 6.45) is 2.94. The van der Waals surface area contributed by atoms with Gasteiger partial charge in [-0.1, -0.05) is 0 Å². The molecule has 76 valence electrons. The highest BCUT2D eigenvalue weighted by Gasteiger charge is 2.45. The molecule has 1 aromatic heterocycles. The summed E-state index contributed by atoms with van der Waals surface area (Å²) >= 11 is 0. The van der Waals surface area contributed by atoms with Crippen molar-refractivity contribution in [3.63, 3.8) is 0 Å². The molecule has 0 atom stereocenters. The Morgan fingerprint density at radius 1 is 1.36 bits per heavy atom. The Kier molecular flexibility index (Phi) is 2.31. The van der Waals surface area contributed by atoms with Crippen LogP contribution >= 0.6 is 0 Å². The molecule has 0 aromatic carbocycles. The highest BCUT2D eigenvalue weighted by atomic mass is 19.3. The molecule has 0 bridgehead atoms. The Bertz CT molecular complexity index is 297. The lowest BCUT2D eigenvalue weighted by atomic mass is 9.82. The van der Waals surface area contributed by atoms with Crippen molar-refractivity contribution in [1.29, 1.82) is 0 Å². The smallest absolute Gasteiger partial charge is 0.316 e. The fourth-order valence-electron chi connectivity index (χ4n) is 1.46. The fourth-order valence-corrected chi connectivity index (χ4v) is 1.46. The molecule has 0 spiro atoms. The first kappa shape index (κ1) is 9.30. The minimum absolute atomic E-state index is 0.0613. The average Bonchev–Trinajstić information content (AvgIpc) is 2.13. The van der Waals surface area contributed by atoms with E-state index in [1.807, 2.05) is 0 Å². The topological polar surface area (TPSA) is 35.0 Å². The van der Waals surface area contributed by atoms with Gasteiger partial charge in [-0.15, -0.1) is 0 Å². The van der Waals surface area contributed by atoms with Crippen molar-refractivity contribution >= 4 is 0 Å². The van der Waals surface area contributed by atoms with Crippen LogP contribution in [0.1, 0.15) is 12.8 Å². The third-order valence-electron chi connectivity index (χ3n) is 2.16. The van der Waals surface area contributed by atoms with E-state index in [1.165, 1.54) is 0 Å². The molecule has 3 nitrogen and oxygen atoms in total. The van der Waals surface area contributed by atoms with Crippen LogP contribution in [0.5, 0.6) is 6.01 Å². The first-order valence-corrected chi connectivity index (χ1v) is 4.43. The number of rotatable bonds is 3. The van der Waals surface area contributed by atoms with Crippen LogP contribution in [-0.2, 0) is 0 Å². The van der Waals surface area contributed by atoms with E-state index in [1.54, 1.807) is 18.5 Å². The van der Waals surface area contributed by atoms with E-state index < -0.39 is 5.92 Å².